The van der Waals surface area contributed by atoms with E-state index in [-0.39, 0.29) is 41.7 Å². The van der Waals surface area contributed by atoms with Crippen LogP contribution in [0.4, 0.5) is 18.0 Å². The van der Waals surface area contributed by atoms with Crippen LogP contribution in [0.3, 0.4) is 0 Å². The lowest BCUT2D eigenvalue weighted by atomic mass is 9.84. The van der Waals surface area contributed by atoms with Crippen LogP contribution in [-0.2, 0) is 20.7 Å². The number of benzene rings is 1. The van der Waals surface area contributed by atoms with Gasteiger partial charge >= 0.3 is 12.5 Å². The molecule has 1 aromatic carbocycles. The van der Waals surface area contributed by atoms with Gasteiger partial charge in [0, 0.05) is 17.9 Å². The molecule has 2 aromatic rings. The lowest BCUT2D eigenvalue weighted by molar-refractivity contribution is -0.274. The number of halogens is 3. The lowest BCUT2D eigenvalue weighted by Crippen LogP contribution is -2.58. The summed E-state index contributed by atoms with van der Waals surface area (Å²) < 4.78 is 56.0. The molecular weight excluding hydrogens is 653 g/mol. The molecule has 8 unspecified atom stereocenters. The molecule has 274 valence electrons. The van der Waals surface area contributed by atoms with E-state index in [1.807, 2.05) is 27.7 Å². The second-order valence-corrected chi connectivity index (χ2v) is 15.9. The Morgan fingerprint density at radius 3 is 2.46 bits per heavy atom. The van der Waals surface area contributed by atoms with Crippen LogP contribution < -0.4 is 14.8 Å². The van der Waals surface area contributed by atoms with Gasteiger partial charge in [-0.1, -0.05) is 54.4 Å². The fourth-order valence-electron chi connectivity index (χ4n) is 8.38. The average Bonchev–Trinajstić information content (AvgIpc) is 3.56. The summed E-state index contributed by atoms with van der Waals surface area (Å²) in [7, 11) is 0. The van der Waals surface area contributed by atoms with Crippen molar-refractivity contribution in [1.82, 2.24) is 20.2 Å². The van der Waals surface area contributed by atoms with E-state index in [1.165, 1.54) is 23.1 Å². The number of ketones is 1. The first kappa shape index (κ1) is 36.2. The number of amides is 2. The Balaban J connectivity index is 1.40. The quantitative estimate of drug-likeness (QED) is 0.361. The molecule has 50 heavy (non-hydrogen) atoms. The highest BCUT2D eigenvalue weighted by Gasteiger charge is 2.55. The summed E-state index contributed by atoms with van der Waals surface area (Å²) in [6.45, 7) is 11.2. The molecule has 2 saturated carbocycles. The van der Waals surface area contributed by atoms with Gasteiger partial charge in [0.15, 0.2) is 5.78 Å². The number of ether oxygens (including phenoxy) is 3. The molecule has 1 N–H and O–H groups in total. The van der Waals surface area contributed by atoms with Gasteiger partial charge in [0.25, 0.3) is 0 Å². The third-order valence-corrected chi connectivity index (χ3v) is 11.0. The van der Waals surface area contributed by atoms with Gasteiger partial charge in [-0.15, -0.1) is 13.2 Å². The Labute approximate surface area is 291 Å². The topological polar surface area (TPSA) is 120 Å². The van der Waals surface area contributed by atoms with E-state index in [0.29, 0.717) is 35.9 Å². The van der Waals surface area contributed by atoms with E-state index in [1.54, 1.807) is 13.8 Å². The first-order valence-electron chi connectivity index (χ1n) is 18.1. The molecular formula is C37H49F3N4O6. The van der Waals surface area contributed by atoms with Gasteiger partial charge in [0.05, 0.1) is 23.6 Å². The van der Waals surface area contributed by atoms with Gasteiger partial charge in [-0.05, 0) is 73.8 Å². The molecule has 2 amide bonds. The van der Waals surface area contributed by atoms with Gasteiger partial charge in [0.2, 0.25) is 11.8 Å². The van der Waals surface area contributed by atoms with Crippen LogP contribution in [-0.4, -0.2) is 69.9 Å². The van der Waals surface area contributed by atoms with E-state index in [9.17, 15) is 27.6 Å². The third kappa shape index (κ3) is 7.66. The van der Waals surface area contributed by atoms with Crippen LogP contribution in [0, 0.1) is 35.0 Å². The Morgan fingerprint density at radius 1 is 1.02 bits per heavy atom. The summed E-state index contributed by atoms with van der Waals surface area (Å²) >= 11 is 0. The zero-order valence-corrected chi connectivity index (χ0v) is 29.7. The first-order valence-corrected chi connectivity index (χ1v) is 18.1. The van der Waals surface area contributed by atoms with Crippen molar-refractivity contribution < 1.29 is 41.8 Å². The molecule has 2 aliphatic carbocycles. The fourth-order valence-corrected chi connectivity index (χ4v) is 8.38. The highest BCUT2D eigenvalue weighted by Crippen LogP contribution is 2.57. The number of carbonyl (C=O) groups is 3. The van der Waals surface area contributed by atoms with Crippen LogP contribution in [0.5, 0.6) is 11.6 Å². The molecule has 1 saturated heterocycles. The summed E-state index contributed by atoms with van der Waals surface area (Å²) in [4.78, 5) is 52.9. The number of alkyl carbamates (subject to hydrolysis) is 1. The Bertz CT molecular complexity index is 1610. The number of aryl methyl sites for hydroxylation is 1. The standard InChI is InChI=1S/C37H49F3N4O6/c1-7-22-29-18-44(30(22)31(45)19(2)3)34(46)32(36(4,5)6)43-35(47)49-28-16-20-15-24(20)23(28)11-9-8-10-12-26-33(48-29)42-27-17-21(50-37(38,39)40)13-14-25(27)41-26/h13-14,17,19-20,22-24,28-30,32H,7-12,15-16,18H2,1-6H3,(H,43,47). The number of fused-ring (bicyclic) bond motifs is 7. The van der Waals surface area contributed by atoms with Crippen LogP contribution in [0.2, 0.25) is 0 Å². The van der Waals surface area contributed by atoms with Crippen molar-refractivity contribution in [2.24, 2.45) is 35.0 Å². The Kier molecular flexibility index (Phi) is 10.00. The zero-order valence-electron chi connectivity index (χ0n) is 29.7. The SMILES string of the molecule is CCC1C2CN(C(=O)C(C(C)(C)C)NC(=O)OC3CC4CC4C3CCCCCc3nc4ccc(OC(F)(F)F)cc4nc3O2)C1C(=O)C(C)C. The molecule has 0 radical (unpaired) electrons. The molecule has 0 spiro atoms. The Hall–Kier alpha value is -3.64. The number of rotatable bonds is 4. The highest BCUT2D eigenvalue weighted by atomic mass is 19.4. The molecule has 13 heteroatoms. The first-order chi connectivity index (χ1) is 23.5. The fraction of sp³-hybridized carbons (Fsp3) is 0.703. The second kappa shape index (κ2) is 13.8. The summed E-state index contributed by atoms with van der Waals surface area (Å²) in [5, 5.41) is 2.90. The zero-order chi connectivity index (χ0) is 36.1. The molecule has 1 aromatic heterocycles. The minimum absolute atomic E-state index is 0.0498. The van der Waals surface area contributed by atoms with Crippen molar-refractivity contribution in [3.05, 3.63) is 23.9 Å². The van der Waals surface area contributed by atoms with Gasteiger partial charge in [-0.2, -0.15) is 0 Å². The third-order valence-electron chi connectivity index (χ3n) is 11.0. The normalized spacial score (nSPS) is 30.7. The smallest absolute Gasteiger partial charge is 0.471 e. The number of hydrogen-bond acceptors (Lipinski definition) is 8. The van der Waals surface area contributed by atoms with Gasteiger partial charge in [0.1, 0.15) is 29.7 Å². The predicted octanol–water partition coefficient (Wildman–Crippen LogP) is 7.02. The maximum atomic E-state index is 14.6. The number of carbonyl (C=O) groups excluding carboxylic acids is 3. The van der Waals surface area contributed by atoms with Crippen molar-refractivity contribution >= 4 is 28.8 Å². The average molecular weight is 703 g/mol. The molecule has 10 nitrogen and oxygen atoms in total. The van der Waals surface area contributed by atoms with Gasteiger partial charge in [-0.3, -0.25) is 9.59 Å². The van der Waals surface area contributed by atoms with E-state index in [0.717, 1.165) is 38.5 Å². The van der Waals surface area contributed by atoms with E-state index in [2.05, 4.69) is 15.0 Å². The minimum Gasteiger partial charge on any atom is -0.471 e. The molecule has 2 bridgehead atoms. The van der Waals surface area contributed by atoms with Crippen molar-refractivity contribution in [3.8, 4) is 11.6 Å². The molecule has 2 aliphatic heterocycles. The number of Topliss-reactive ketones (excluding diaryl/α,β-unsaturated/α-hetero) is 1. The van der Waals surface area contributed by atoms with Crippen molar-refractivity contribution in [1.29, 1.82) is 0 Å². The summed E-state index contributed by atoms with van der Waals surface area (Å²) in [5.74, 6) is -0.200. The van der Waals surface area contributed by atoms with Crippen LogP contribution >= 0.6 is 0 Å². The largest absolute Gasteiger partial charge is 0.573 e. The molecule has 3 fully saturated rings. The van der Waals surface area contributed by atoms with Crippen molar-refractivity contribution in [2.75, 3.05) is 6.54 Å². The van der Waals surface area contributed by atoms with Crippen LogP contribution in [0.15, 0.2) is 18.2 Å². The van der Waals surface area contributed by atoms with E-state index < -0.39 is 53.6 Å². The van der Waals surface area contributed by atoms with Crippen molar-refractivity contribution in [3.63, 3.8) is 0 Å². The van der Waals surface area contributed by atoms with Gasteiger partial charge in [-0.25, -0.2) is 14.8 Å². The maximum absolute atomic E-state index is 14.6. The molecule has 8 atom stereocenters. The molecule has 3 heterocycles. The number of nitrogens with zero attached hydrogens (tertiary/aromatic N) is 3. The molecule has 6 rings (SSSR count). The minimum atomic E-state index is -4.87. The molecule has 4 aliphatic rings. The number of aromatic nitrogens is 2. The van der Waals surface area contributed by atoms with E-state index in [4.69, 9.17) is 14.5 Å². The van der Waals surface area contributed by atoms with Crippen LogP contribution in [0.25, 0.3) is 11.0 Å². The summed E-state index contributed by atoms with van der Waals surface area (Å²) in [6, 6.07) is 2.04. The number of nitrogens with one attached hydrogen (secondary N) is 1. The second-order valence-electron chi connectivity index (χ2n) is 15.9. The number of hydrogen-bond donors (Lipinski definition) is 1. The summed E-state index contributed by atoms with van der Waals surface area (Å²) in [6.07, 6.45) is 0.144. The van der Waals surface area contributed by atoms with Crippen molar-refractivity contribution in [2.45, 2.75) is 124 Å². The monoisotopic (exact) mass is 702 g/mol. The highest BCUT2D eigenvalue weighted by molar-refractivity contribution is 5.94. The van der Waals surface area contributed by atoms with Gasteiger partial charge < -0.3 is 24.4 Å². The summed E-state index contributed by atoms with van der Waals surface area (Å²) in [5.41, 5.74) is 0.427. The Morgan fingerprint density at radius 2 is 1.78 bits per heavy atom. The number of alkyl halides is 3. The predicted molar refractivity (Wildman–Crippen MR) is 178 cm³/mol. The van der Waals surface area contributed by atoms with E-state index >= 15 is 0 Å². The lowest BCUT2D eigenvalue weighted by Gasteiger charge is -2.36. The van der Waals surface area contributed by atoms with Crippen LogP contribution in [0.1, 0.15) is 92.2 Å². The maximum Gasteiger partial charge on any atom is 0.573 e.